The van der Waals surface area contributed by atoms with Crippen molar-refractivity contribution in [2.24, 2.45) is 0 Å². The molecule has 3 heteroatoms. The molecule has 0 atom stereocenters. The van der Waals surface area contributed by atoms with Crippen molar-refractivity contribution in [1.29, 1.82) is 0 Å². The predicted molar refractivity (Wildman–Crippen MR) is 52.9 cm³/mol. The Hall–Kier alpha value is -0.830. The topological polar surface area (TPSA) is 40.7 Å². The monoisotopic (exact) mass is 179 g/mol. The highest BCUT2D eigenvalue weighted by atomic mass is 15.0. The molecular formula is C10H17N3. The number of nitrogens with zero attached hydrogens (tertiary/aromatic N) is 1. The molecular weight excluding hydrogens is 162 g/mol. The van der Waals surface area contributed by atoms with Gasteiger partial charge in [-0.05, 0) is 33.7 Å². The highest BCUT2D eigenvalue weighted by molar-refractivity contribution is 5.24. The van der Waals surface area contributed by atoms with Gasteiger partial charge in [-0.15, -0.1) is 0 Å². The Morgan fingerprint density at radius 2 is 2.15 bits per heavy atom. The lowest BCUT2D eigenvalue weighted by atomic mass is 10.1. The van der Waals surface area contributed by atoms with E-state index < -0.39 is 0 Å². The molecule has 1 fully saturated rings. The fourth-order valence-electron chi connectivity index (χ4n) is 1.79. The molecule has 1 aliphatic rings. The number of nitrogens with one attached hydrogen (secondary N) is 2. The number of aromatic nitrogens is 2. The largest absolute Gasteiger partial charge is 0.345 e. The Labute approximate surface area is 79.0 Å². The fraction of sp³-hybridized carbons (Fsp3) is 0.700. The maximum atomic E-state index is 4.57. The normalized spacial score (nSPS) is 19.0. The number of aryl methyl sites for hydroxylation is 2. The van der Waals surface area contributed by atoms with Gasteiger partial charge in [0.2, 0.25) is 0 Å². The Balaban J connectivity index is 2.25. The molecule has 0 unspecified atom stereocenters. The van der Waals surface area contributed by atoms with Gasteiger partial charge < -0.3 is 10.3 Å². The molecule has 0 aliphatic heterocycles. The zero-order valence-corrected chi connectivity index (χ0v) is 8.57. The second kappa shape index (κ2) is 2.84. The van der Waals surface area contributed by atoms with E-state index in [2.05, 4.69) is 29.1 Å². The van der Waals surface area contributed by atoms with Gasteiger partial charge in [-0.3, -0.25) is 0 Å². The SMILES string of the molecule is CNCC1(c2nc(C)c(C)[nH]2)CC1. The second-order valence-corrected chi connectivity index (χ2v) is 4.11. The van der Waals surface area contributed by atoms with Gasteiger partial charge in [-0.2, -0.15) is 0 Å². The van der Waals surface area contributed by atoms with Crippen LogP contribution in [0.25, 0.3) is 0 Å². The molecule has 13 heavy (non-hydrogen) atoms. The summed E-state index contributed by atoms with van der Waals surface area (Å²) in [5, 5.41) is 3.24. The molecule has 2 rings (SSSR count). The number of hydrogen-bond donors (Lipinski definition) is 2. The van der Waals surface area contributed by atoms with Crippen LogP contribution in [0.1, 0.15) is 30.1 Å². The summed E-state index contributed by atoms with van der Waals surface area (Å²) in [6.07, 6.45) is 2.53. The van der Waals surface area contributed by atoms with Gasteiger partial charge in [-0.25, -0.2) is 4.98 Å². The summed E-state index contributed by atoms with van der Waals surface area (Å²) in [5.41, 5.74) is 2.67. The van der Waals surface area contributed by atoms with E-state index in [1.807, 2.05) is 7.05 Å². The van der Waals surface area contributed by atoms with Crippen LogP contribution in [0.2, 0.25) is 0 Å². The molecule has 1 aromatic rings. The number of imidazole rings is 1. The van der Waals surface area contributed by atoms with Crippen molar-refractivity contribution in [3.05, 3.63) is 17.2 Å². The first-order chi connectivity index (χ1) is 6.18. The summed E-state index contributed by atoms with van der Waals surface area (Å²) >= 11 is 0. The molecule has 1 aliphatic carbocycles. The third-order valence-electron chi connectivity index (χ3n) is 3.00. The van der Waals surface area contributed by atoms with E-state index in [-0.39, 0.29) is 0 Å². The lowest BCUT2D eigenvalue weighted by Crippen LogP contribution is -2.24. The zero-order valence-electron chi connectivity index (χ0n) is 8.57. The van der Waals surface area contributed by atoms with Crippen LogP contribution in [-0.4, -0.2) is 23.6 Å². The number of hydrogen-bond acceptors (Lipinski definition) is 2. The summed E-state index contributed by atoms with van der Waals surface area (Å²) in [4.78, 5) is 7.95. The number of likely N-dealkylation sites (N-methyl/N-ethyl adjacent to an activating group) is 1. The highest BCUT2D eigenvalue weighted by Gasteiger charge is 2.46. The summed E-state index contributed by atoms with van der Waals surface area (Å²) in [7, 11) is 2.00. The minimum absolute atomic E-state index is 0.327. The van der Waals surface area contributed by atoms with Crippen molar-refractivity contribution in [3.8, 4) is 0 Å². The van der Waals surface area contributed by atoms with Gasteiger partial charge in [0.05, 0.1) is 5.69 Å². The van der Waals surface area contributed by atoms with Gasteiger partial charge in [0.25, 0.3) is 0 Å². The molecule has 0 aromatic carbocycles. The van der Waals surface area contributed by atoms with Crippen LogP contribution in [-0.2, 0) is 5.41 Å². The van der Waals surface area contributed by atoms with Crippen LogP contribution >= 0.6 is 0 Å². The standard InChI is InChI=1S/C10H17N3/c1-7-8(2)13-9(12-7)10(4-5-10)6-11-3/h11H,4-6H2,1-3H3,(H,12,13). The van der Waals surface area contributed by atoms with Crippen molar-refractivity contribution in [2.45, 2.75) is 32.1 Å². The molecule has 72 valence electrons. The maximum Gasteiger partial charge on any atom is 0.114 e. The van der Waals surface area contributed by atoms with Crippen molar-refractivity contribution in [2.75, 3.05) is 13.6 Å². The van der Waals surface area contributed by atoms with Gasteiger partial charge in [-0.1, -0.05) is 0 Å². The molecule has 0 saturated heterocycles. The minimum Gasteiger partial charge on any atom is -0.345 e. The van der Waals surface area contributed by atoms with E-state index >= 15 is 0 Å². The lowest BCUT2D eigenvalue weighted by Gasteiger charge is -2.10. The second-order valence-electron chi connectivity index (χ2n) is 4.11. The quantitative estimate of drug-likeness (QED) is 0.733. The highest BCUT2D eigenvalue weighted by Crippen LogP contribution is 2.46. The molecule has 3 nitrogen and oxygen atoms in total. The molecule has 1 saturated carbocycles. The first-order valence-corrected chi connectivity index (χ1v) is 4.86. The molecule has 1 heterocycles. The van der Waals surface area contributed by atoms with E-state index in [0.717, 1.165) is 12.2 Å². The molecule has 0 amide bonds. The Kier molecular flexibility index (Phi) is 1.91. The van der Waals surface area contributed by atoms with Crippen LogP contribution < -0.4 is 5.32 Å². The van der Waals surface area contributed by atoms with Gasteiger partial charge in [0.1, 0.15) is 5.82 Å². The van der Waals surface area contributed by atoms with Gasteiger partial charge >= 0.3 is 0 Å². The Morgan fingerprint density at radius 3 is 2.54 bits per heavy atom. The minimum atomic E-state index is 0.327. The van der Waals surface area contributed by atoms with Crippen LogP contribution in [0.3, 0.4) is 0 Å². The van der Waals surface area contributed by atoms with Crippen molar-refractivity contribution >= 4 is 0 Å². The van der Waals surface area contributed by atoms with Crippen molar-refractivity contribution in [1.82, 2.24) is 15.3 Å². The van der Waals surface area contributed by atoms with Crippen LogP contribution in [0.15, 0.2) is 0 Å². The van der Waals surface area contributed by atoms with Gasteiger partial charge in [0.15, 0.2) is 0 Å². The summed E-state index contributed by atoms with van der Waals surface area (Å²) in [6, 6.07) is 0. The zero-order chi connectivity index (χ0) is 9.47. The average Bonchev–Trinajstić information content (AvgIpc) is 2.78. The van der Waals surface area contributed by atoms with Crippen molar-refractivity contribution < 1.29 is 0 Å². The number of aromatic amines is 1. The Morgan fingerprint density at radius 1 is 1.46 bits per heavy atom. The van der Waals surface area contributed by atoms with Crippen LogP contribution in [0, 0.1) is 13.8 Å². The molecule has 0 spiro atoms. The van der Waals surface area contributed by atoms with Crippen LogP contribution in [0.5, 0.6) is 0 Å². The third-order valence-corrected chi connectivity index (χ3v) is 3.00. The lowest BCUT2D eigenvalue weighted by molar-refractivity contribution is 0.593. The fourth-order valence-corrected chi connectivity index (χ4v) is 1.79. The summed E-state index contributed by atoms with van der Waals surface area (Å²) in [5.74, 6) is 1.18. The van der Waals surface area contributed by atoms with Gasteiger partial charge in [0, 0.05) is 17.7 Å². The summed E-state index contributed by atoms with van der Waals surface area (Å²) in [6.45, 7) is 5.19. The Bertz CT molecular complexity index is 290. The van der Waals surface area contributed by atoms with Crippen molar-refractivity contribution in [3.63, 3.8) is 0 Å². The van der Waals surface area contributed by atoms with E-state index in [4.69, 9.17) is 0 Å². The first kappa shape index (κ1) is 8.75. The number of H-pyrrole nitrogens is 1. The molecule has 0 bridgehead atoms. The van der Waals surface area contributed by atoms with E-state index in [0.29, 0.717) is 5.41 Å². The first-order valence-electron chi connectivity index (χ1n) is 4.86. The van der Waals surface area contributed by atoms with E-state index in [1.165, 1.54) is 24.4 Å². The predicted octanol–water partition coefficient (Wildman–Crippen LogP) is 1.28. The molecule has 0 radical (unpaired) electrons. The molecule has 2 N–H and O–H groups in total. The van der Waals surface area contributed by atoms with E-state index in [1.54, 1.807) is 0 Å². The number of rotatable bonds is 3. The van der Waals surface area contributed by atoms with E-state index in [9.17, 15) is 0 Å². The van der Waals surface area contributed by atoms with Crippen LogP contribution in [0.4, 0.5) is 0 Å². The maximum absolute atomic E-state index is 4.57. The average molecular weight is 179 g/mol. The molecule has 1 aromatic heterocycles. The summed E-state index contributed by atoms with van der Waals surface area (Å²) < 4.78 is 0. The smallest absolute Gasteiger partial charge is 0.114 e. The third kappa shape index (κ3) is 1.37.